The van der Waals surface area contributed by atoms with Crippen molar-refractivity contribution in [2.75, 3.05) is 0 Å². The van der Waals surface area contributed by atoms with Crippen LogP contribution < -0.4 is 5.32 Å². The van der Waals surface area contributed by atoms with Crippen molar-refractivity contribution < 1.29 is 13.2 Å². The van der Waals surface area contributed by atoms with Gasteiger partial charge in [0.2, 0.25) is 0 Å². The van der Waals surface area contributed by atoms with Gasteiger partial charge in [0.05, 0.1) is 10.6 Å². The topological polar surface area (TPSA) is 68.2 Å². The molecule has 1 aromatic carbocycles. The van der Waals surface area contributed by atoms with E-state index in [4.69, 9.17) is 11.6 Å². The molecule has 1 aliphatic heterocycles. The SMILES string of the molecule is O=CC1=CC=CNC1(Cl)c1cccn1S(=O)(=O)c1ccccc1. The summed E-state index contributed by atoms with van der Waals surface area (Å²) < 4.78 is 26.8. The number of rotatable bonds is 4. The third kappa shape index (κ3) is 2.50. The average molecular weight is 349 g/mol. The molecular formula is C16H13ClN2O3S. The summed E-state index contributed by atoms with van der Waals surface area (Å²) >= 11 is 6.56. The van der Waals surface area contributed by atoms with E-state index in [1.54, 1.807) is 48.7 Å². The van der Waals surface area contributed by atoms with Crippen LogP contribution in [0.5, 0.6) is 0 Å². The molecule has 0 amide bonds. The van der Waals surface area contributed by atoms with Gasteiger partial charge < -0.3 is 5.32 Å². The normalized spacial score (nSPS) is 20.7. The third-order valence-electron chi connectivity index (χ3n) is 3.54. The van der Waals surface area contributed by atoms with Crippen molar-refractivity contribution in [1.29, 1.82) is 0 Å². The summed E-state index contributed by atoms with van der Waals surface area (Å²) in [5, 5.41) is 2.86. The maximum atomic E-state index is 12.8. The van der Waals surface area contributed by atoms with Crippen LogP contribution in [0, 0.1) is 0 Å². The van der Waals surface area contributed by atoms with Crippen molar-refractivity contribution in [2.45, 2.75) is 9.89 Å². The van der Waals surface area contributed by atoms with Gasteiger partial charge in [-0.1, -0.05) is 35.9 Å². The molecule has 0 radical (unpaired) electrons. The first kappa shape index (κ1) is 15.6. The first-order valence-electron chi connectivity index (χ1n) is 6.78. The molecule has 118 valence electrons. The van der Waals surface area contributed by atoms with Crippen molar-refractivity contribution in [3.63, 3.8) is 0 Å². The molecule has 0 aliphatic carbocycles. The van der Waals surface area contributed by atoms with Crippen LogP contribution >= 0.6 is 11.6 Å². The molecule has 7 heteroatoms. The molecule has 3 rings (SSSR count). The number of carbonyl (C=O) groups is 1. The fourth-order valence-electron chi connectivity index (χ4n) is 2.40. The van der Waals surface area contributed by atoms with Gasteiger partial charge in [0.25, 0.3) is 10.0 Å². The summed E-state index contributed by atoms with van der Waals surface area (Å²) in [5.41, 5.74) is 0.468. The quantitative estimate of drug-likeness (QED) is 0.523. The summed E-state index contributed by atoms with van der Waals surface area (Å²) in [4.78, 5) is 10.0. The van der Waals surface area contributed by atoms with Gasteiger partial charge >= 0.3 is 0 Å². The monoisotopic (exact) mass is 348 g/mol. The van der Waals surface area contributed by atoms with E-state index in [1.165, 1.54) is 18.3 Å². The number of aromatic nitrogens is 1. The van der Waals surface area contributed by atoms with Crippen molar-refractivity contribution in [3.8, 4) is 0 Å². The smallest absolute Gasteiger partial charge is 0.267 e. The number of alkyl halides is 1. The van der Waals surface area contributed by atoms with E-state index in [1.807, 2.05) is 0 Å². The zero-order valence-corrected chi connectivity index (χ0v) is 13.5. The molecule has 2 aromatic rings. The summed E-state index contributed by atoms with van der Waals surface area (Å²) in [6, 6.07) is 11.2. The number of dihydropyridines is 1. The molecule has 1 aromatic heterocycles. The average Bonchev–Trinajstić information content (AvgIpc) is 3.07. The lowest BCUT2D eigenvalue weighted by molar-refractivity contribution is -0.105. The van der Waals surface area contributed by atoms with Crippen LogP contribution in [0.3, 0.4) is 0 Å². The van der Waals surface area contributed by atoms with Gasteiger partial charge in [-0.05, 0) is 36.5 Å². The van der Waals surface area contributed by atoms with Gasteiger partial charge in [-0.15, -0.1) is 0 Å². The lowest BCUT2D eigenvalue weighted by atomic mass is 10.0. The van der Waals surface area contributed by atoms with Crippen LogP contribution in [0.2, 0.25) is 0 Å². The lowest BCUT2D eigenvalue weighted by Gasteiger charge is -2.30. The Balaban J connectivity index is 2.16. The molecule has 23 heavy (non-hydrogen) atoms. The number of carbonyl (C=O) groups excluding carboxylic acids is 1. The predicted molar refractivity (Wildman–Crippen MR) is 87.4 cm³/mol. The minimum atomic E-state index is -3.82. The van der Waals surface area contributed by atoms with Crippen LogP contribution in [-0.2, 0) is 19.8 Å². The van der Waals surface area contributed by atoms with Gasteiger partial charge in [0.15, 0.2) is 5.00 Å². The highest BCUT2D eigenvalue weighted by Gasteiger charge is 2.39. The molecule has 0 saturated carbocycles. The highest BCUT2D eigenvalue weighted by molar-refractivity contribution is 7.90. The number of hydrogen-bond donors (Lipinski definition) is 1. The zero-order valence-electron chi connectivity index (χ0n) is 11.9. The second-order valence-corrected chi connectivity index (χ2v) is 7.29. The van der Waals surface area contributed by atoms with Crippen LogP contribution in [0.25, 0.3) is 0 Å². The third-order valence-corrected chi connectivity index (χ3v) is 5.77. The molecule has 1 unspecified atom stereocenters. The molecule has 2 heterocycles. The van der Waals surface area contributed by atoms with Crippen molar-refractivity contribution in [1.82, 2.24) is 9.29 Å². The van der Waals surface area contributed by atoms with E-state index >= 15 is 0 Å². The molecular weight excluding hydrogens is 336 g/mol. The Labute approximate surface area is 138 Å². The second-order valence-electron chi connectivity index (χ2n) is 4.91. The van der Waals surface area contributed by atoms with E-state index < -0.39 is 15.0 Å². The lowest BCUT2D eigenvalue weighted by Crippen LogP contribution is -2.40. The largest absolute Gasteiger partial charge is 0.364 e. The molecule has 0 saturated heterocycles. The number of nitrogens with zero attached hydrogens (tertiary/aromatic N) is 1. The standard InChI is InChI=1S/C16H13ClN2O3S/c17-16(13(12-20)6-4-10-18-16)15-9-5-11-19(15)23(21,22)14-7-2-1-3-8-14/h1-12,18H. The summed E-state index contributed by atoms with van der Waals surface area (Å²) in [6.07, 6.45) is 6.75. The number of halogens is 1. The van der Waals surface area contributed by atoms with E-state index in [9.17, 15) is 13.2 Å². The van der Waals surface area contributed by atoms with Crippen LogP contribution in [0.15, 0.2) is 77.5 Å². The van der Waals surface area contributed by atoms with Crippen LogP contribution in [0.4, 0.5) is 0 Å². The Morgan fingerprint density at radius 1 is 1.13 bits per heavy atom. The minimum absolute atomic E-state index is 0.140. The minimum Gasteiger partial charge on any atom is -0.364 e. The highest BCUT2D eigenvalue weighted by Crippen LogP contribution is 2.36. The van der Waals surface area contributed by atoms with Gasteiger partial charge in [-0.25, -0.2) is 12.4 Å². The summed E-state index contributed by atoms with van der Waals surface area (Å²) in [5.74, 6) is 0. The Hall–Kier alpha value is -2.31. The number of hydrogen-bond acceptors (Lipinski definition) is 4. The molecule has 0 fully saturated rings. The van der Waals surface area contributed by atoms with E-state index in [2.05, 4.69) is 5.32 Å². The Kier molecular flexibility index (Phi) is 3.87. The molecule has 0 spiro atoms. The molecule has 0 bridgehead atoms. The number of allylic oxidation sites excluding steroid dienone is 2. The molecule has 1 aliphatic rings. The van der Waals surface area contributed by atoms with E-state index in [0.717, 1.165) is 3.97 Å². The van der Waals surface area contributed by atoms with E-state index in [-0.39, 0.29) is 16.2 Å². The fraction of sp³-hybridized carbons (Fsp3) is 0.0625. The molecule has 5 nitrogen and oxygen atoms in total. The highest BCUT2D eigenvalue weighted by atomic mass is 35.5. The van der Waals surface area contributed by atoms with Gasteiger partial charge in [0.1, 0.15) is 6.29 Å². The van der Waals surface area contributed by atoms with Crippen molar-refractivity contribution >= 4 is 27.9 Å². The number of nitrogens with one attached hydrogen (secondary N) is 1. The van der Waals surface area contributed by atoms with Gasteiger partial charge in [0, 0.05) is 11.8 Å². The Morgan fingerprint density at radius 2 is 1.87 bits per heavy atom. The predicted octanol–water partition coefficient (Wildman–Crippen LogP) is 2.36. The number of benzene rings is 1. The number of aldehydes is 1. The second kappa shape index (κ2) is 5.72. The van der Waals surface area contributed by atoms with Crippen molar-refractivity contribution in [2.24, 2.45) is 0 Å². The van der Waals surface area contributed by atoms with Crippen LogP contribution in [0.1, 0.15) is 5.69 Å². The zero-order chi connectivity index (χ0) is 16.5. The maximum absolute atomic E-state index is 12.8. The van der Waals surface area contributed by atoms with Gasteiger partial charge in [-0.3, -0.25) is 4.79 Å². The fourth-order valence-corrected chi connectivity index (χ4v) is 4.19. The Bertz CT molecular complexity index is 900. The van der Waals surface area contributed by atoms with Crippen molar-refractivity contribution in [3.05, 3.63) is 78.3 Å². The van der Waals surface area contributed by atoms with Gasteiger partial charge in [-0.2, -0.15) is 0 Å². The first-order valence-corrected chi connectivity index (χ1v) is 8.59. The van der Waals surface area contributed by atoms with Crippen LogP contribution in [-0.4, -0.2) is 18.7 Å². The maximum Gasteiger partial charge on any atom is 0.267 e. The summed E-state index contributed by atoms with van der Waals surface area (Å²) in [6.45, 7) is 0. The first-order chi connectivity index (χ1) is 11.0. The molecule has 1 N–H and O–H groups in total. The summed E-state index contributed by atoms with van der Waals surface area (Å²) in [7, 11) is -3.82. The Morgan fingerprint density at radius 3 is 2.57 bits per heavy atom. The van der Waals surface area contributed by atoms with E-state index in [0.29, 0.717) is 6.29 Å². The molecule has 1 atom stereocenters.